The van der Waals surface area contributed by atoms with Gasteiger partial charge in [-0.3, -0.25) is 4.79 Å². The smallest absolute Gasteiger partial charge is 0.169 e. The fraction of sp³-hybridized carbons (Fsp3) is 0.188. The van der Waals surface area contributed by atoms with Crippen molar-refractivity contribution < 1.29 is 18.3 Å². The number of aryl methyl sites for hydroxylation is 1. The number of rotatable bonds is 5. The highest BCUT2D eigenvalue weighted by molar-refractivity contribution is 5.96. The van der Waals surface area contributed by atoms with E-state index in [2.05, 4.69) is 0 Å². The molecule has 0 fully saturated rings. The molecule has 0 heterocycles. The lowest BCUT2D eigenvalue weighted by atomic mass is 10.1. The zero-order chi connectivity index (χ0) is 14.5. The van der Waals surface area contributed by atoms with Crippen molar-refractivity contribution in [3.05, 3.63) is 65.2 Å². The van der Waals surface area contributed by atoms with Crippen LogP contribution in [0.1, 0.15) is 22.3 Å². The number of hydrogen-bond donors (Lipinski definition) is 0. The molecule has 0 aliphatic rings. The van der Waals surface area contributed by atoms with Crippen molar-refractivity contribution in [1.29, 1.82) is 0 Å². The summed E-state index contributed by atoms with van der Waals surface area (Å²) < 4.78 is 32.4. The molecular weight excluding hydrogens is 262 g/mol. The molecule has 0 saturated heterocycles. The van der Waals surface area contributed by atoms with Gasteiger partial charge in [-0.2, -0.15) is 0 Å². The SMILES string of the molecule is Cc1ccc(C(=O)CCOc2ccccc2)c(F)c1F. The number of carbonyl (C=O) groups excluding carboxylic acids is 1. The largest absolute Gasteiger partial charge is 0.493 e. The maximum Gasteiger partial charge on any atom is 0.169 e. The van der Waals surface area contributed by atoms with Crippen LogP contribution in [0.15, 0.2) is 42.5 Å². The van der Waals surface area contributed by atoms with E-state index in [4.69, 9.17) is 4.74 Å². The summed E-state index contributed by atoms with van der Waals surface area (Å²) in [6.07, 6.45) is -0.00564. The summed E-state index contributed by atoms with van der Waals surface area (Å²) in [6, 6.07) is 11.7. The minimum Gasteiger partial charge on any atom is -0.493 e. The van der Waals surface area contributed by atoms with Crippen LogP contribution in [0.5, 0.6) is 5.75 Å². The molecule has 0 radical (unpaired) electrons. The summed E-state index contributed by atoms with van der Waals surface area (Å²) in [7, 11) is 0. The van der Waals surface area contributed by atoms with Gasteiger partial charge >= 0.3 is 0 Å². The maximum absolute atomic E-state index is 13.6. The standard InChI is InChI=1S/C16H14F2O2/c1-11-7-8-13(16(18)15(11)17)14(19)9-10-20-12-5-3-2-4-6-12/h2-8H,9-10H2,1H3. The van der Waals surface area contributed by atoms with Gasteiger partial charge in [0.05, 0.1) is 12.2 Å². The number of Topliss-reactive ketones (excluding diaryl/α,β-unsaturated/α-hetero) is 1. The third-order valence-corrected chi connectivity index (χ3v) is 2.92. The molecule has 104 valence electrons. The molecule has 4 heteroatoms. The van der Waals surface area contributed by atoms with E-state index in [0.717, 1.165) is 0 Å². The number of benzene rings is 2. The fourth-order valence-corrected chi connectivity index (χ4v) is 1.77. The van der Waals surface area contributed by atoms with Gasteiger partial charge < -0.3 is 4.74 Å². The highest BCUT2D eigenvalue weighted by Crippen LogP contribution is 2.17. The van der Waals surface area contributed by atoms with Gasteiger partial charge in [-0.05, 0) is 30.7 Å². The van der Waals surface area contributed by atoms with Crippen molar-refractivity contribution in [3.8, 4) is 5.75 Å². The second-order valence-electron chi connectivity index (χ2n) is 4.39. The fourth-order valence-electron chi connectivity index (χ4n) is 1.77. The van der Waals surface area contributed by atoms with Crippen molar-refractivity contribution >= 4 is 5.78 Å². The molecule has 2 aromatic carbocycles. The van der Waals surface area contributed by atoms with Gasteiger partial charge in [0.25, 0.3) is 0 Å². The topological polar surface area (TPSA) is 26.3 Å². The van der Waals surface area contributed by atoms with Crippen molar-refractivity contribution in [1.82, 2.24) is 0 Å². The first-order valence-electron chi connectivity index (χ1n) is 6.25. The highest BCUT2D eigenvalue weighted by atomic mass is 19.2. The van der Waals surface area contributed by atoms with E-state index in [1.54, 1.807) is 12.1 Å². The first-order chi connectivity index (χ1) is 9.59. The van der Waals surface area contributed by atoms with Crippen molar-refractivity contribution in [2.45, 2.75) is 13.3 Å². The Morgan fingerprint density at radius 1 is 1.05 bits per heavy atom. The minimum atomic E-state index is -1.09. The summed E-state index contributed by atoms with van der Waals surface area (Å²) in [5, 5.41) is 0. The maximum atomic E-state index is 13.6. The number of carbonyl (C=O) groups is 1. The predicted molar refractivity (Wildman–Crippen MR) is 72.0 cm³/mol. The Kier molecular flexibility index (Phi) is 4.45. The molecule has 0 unspecified atom stereocenters. The molecule has 0 aromatic heterocycles. The van der Waals surface area contributed by atoms with Crippen LogP contribution in [-0.2, 0) is 0 Å². The van der Waals surface area contributed by atoms with E-state index in [1.807, 2.05) is 18.2 Å². The average molecular weight is 276 g/mol. The first kappa shape index (κ1) is 14.2. The van der Waals surface area contributed by atoms with Gasteiger partial charge in [0, 0.05) is 6.42 Å². The highest BCUT2D eigenvalue weighted by Gasteiger charge is 2.16. The Morgan fingerprint density at radius 2 is 1.75 bits per heavy atom. The molecule has 0 aliphatic carbocycles. The molecular formula is C16H14F2O2. The van der Waals surface area contributed by atoms with E-state index in [1.165, 1.54) is 19.1 Å². The first-order valence-corrected chi connectivity index (χ1v) is 6.25. The number of hydrogen-bond acceptors (Lipinski definition) is 2. The van der Waals surface area contributed by atoms with Crippen LogP contribution >= 0.6 is 0 Å². The van der Waals surface area contributed by atoms with Crippen molar-refractivity contribution in [2.75, 3.05) is 6.61 Å². The van der Waals surface area contributed by atoms with E-state index in [9.17, 15) is 13.6 Å². The Bertz CT molecular complexity index is 609. The van der Waals surface area contributed by atoms with Crippen LogP contribution in [-0.4, -0.2) is 12.4 Å². The molecule has 0 aliphatic heterocycles. The molecule has 20 heavy (non-hydrogen) atoms. The molecule has 2 rings (SSSR count). The van der Waals surface area contributed by atoms with Crippen LogP contribution in [0.2, 0.25) is 0 Å². The molecule has 2 nitrogen and oxygen atoms in total. The lowest BCUT2D eigenvalue weighted by Crippen LogP contribution is -2.10. The van der Waals surface area contributed by atoms with Crippen molar-refractivity contribution in [3.63, 3.8) is 0 Å². The molecule has 2 aromatic rings. The zero-order valence-corrected chi connectivity index (χ0v) is 11.0. The molecule has 0 saturated carbocycles. The average Bonchev–Trinajstić information content (AvgIpc) is 2.46. The third-order valence-electron chi connectivity index (χ3n) is 2.92. The van der Waals surface area contributed by atoms with Gasteiger partial charge in [0.1, 0.15) is 5.75 Å². The van der Waals surface area contributed by atoms with Gasteiger partial charge in [0.15, 0.2) is 17.4 Å². The van der Waals surface area contributed by atoms with Gasteiger partial charge in [-0.25, -0.2) is 8.78 Å². The second-order valence-corrected chi connectivity index (χ2v) is 4.39. The monoisotopic (exact) mass is 276 g/mol. The summed E-state index contributed by atoms with van der Waals surface area (Å²) >= 11 is 0. The molecule has 0 bridgehead atoms. The van der Waals surface area contributed by atoms with Crippen LogP contribution < -0.4 is 4.74 Å². The number of ether oxygens (including phenoxy) is 1. The van der Waals surface area contributed by atoms with Crippen LogP contribution in [0.25, 0.3) is 0 Å². The third kappa shape index (κ3) is 3.20. The Morgan fingerprint density at radius 3 is 2.45 bits per heavy atom. The lowest BCUT2D eigenvalue weighted by molar-refractivity contribution is 0.0957. The van der Waals surface area contributed by atoms with E-state index in [0.29, 0.717) is 5.75 Å². The number of para-hydroxylation sites is 1. The van der Waals surface area contributed by atoms with Crippen LogP contribution in [0.3, 0.4) is 0 Å². The lowest BCUT2D eigenvalue weighted by Gasteiger charge is -2.07. The van der Waals surface area contributed by atoms with E-state index in [-0.39, 0.29) is 24.2 Å². The molecule has 0 amide bonds. The van der Waals surface area contributed by atoms with E-state index < -0.39 is 17.4 Å². The quantitative estimate of drug-likeness (QED) is 0.773. The zero-order valence-electron chi connectivity index (χ0n) is 11.0. The summed E-state index contributed by atoms with van der Waals surface area (Å²) in [4.78, 5) is 11.8. The van der Waals surface area contributed by atoms with Crippen LogP contribution in [0.4, 0.5) is 8.78 Å². The van der Waals surface area contributed by atoms with Gasteiger partial charge in [-0.15, -0.1) is 0 Å². The predicted octanol–water partition coefficient (Wildman–Crippen LogP) is 3.93. The number of halogens is 2. The van der Waals surface area contributed by atoms with Crippen molar-refractivity contribution in [2.24, 2.45) is 0 Å². The normalized spacial score (nSPS) is 10.3. The summed E-state index contributed by atoms with van der Waals surface area (Å²) in [5.41, 5.74) is -0.0515. The summed E-state index contributed by atoms with van der Waals surface area (Å²) in [5.74, 6) is -1.90. The molecule has 0 N–H and O–H groups in total. The minimum absolute atomic E-state index is 0.00564. The number of ketones is 1. The van der Waals surface area contributed by atoms with Gasteiger partial charge in [-0.1, -0.05) is 24.3 Å². The Balaban J connectivity index is 1.97. The molecule has 0 atom stereocenters. The van der Waals surface area contributed by atoms with Gasteiger partial charge in [0.2, 0.25) is 0 Å². The Hall–Kier alpha value is -2.23. The van der Waals surface area contributed by atoms with E-state index >= 15 is 0 Å². The molecule has 0 spiro atoms. The second kappa shape index (κ2) is 6.28. The summed E-state index contributed by atoms with van der Waals surface area (Å²) in [6.45, 7) is 1.57. The van der Waals surface area contributed by atoms with Crippen LogP contribution in [0, 0.1) is 18.6 Å². The Labute approximate surface area is 116 Å².